The third kappa shape index (κ3) is 3.54. The number of hydrogen-bond donors (Lipinski definition) is 3. The molecule has 0 heterocycles. The highest BCUT2D eigenvalue weighted by atomic mass is 32.2. The van der Waals surface area contributed by atoms with Crippen molar-refractivity contribution in [3.63, 3.8) is 0 Å². The van der Waals surface area contributed by atoms with Crippen LogP contribution in [0.4, 0.5) is 0 Å². The maximum Gasteiger partial charge on any atom is 0.298 e. The van der Waals surface area contributed by atoms with E-state index >= 15 is 0 Å². The third-order valence-electron chi connectivity index (χ3n) is 4.75. The number of aromatic hydroxyl groups is 2. The standard InChI is InChI=1S/C21H20O5S/c1-21(2,15-7-4-3-5-8-15)17-13-14(11-12-18(17)22)16-9-6-10-19(20(16)23)27(24,25)26/h3-13,22-23H,1-2H3,(H,24,25,26). The van der Waals surface area contributed by atoms with Crippen molar-refractivity contribution in [2.24, 2.45) is 0 Å². The van der Waals surface area contributed by atoms with Gasteiger partial charge in [0.25, 0.3) is 10.1 Å². The molecule has 140 valence electrons. The number of rotatable bonds is 4. The molecule has 3 rings (SSSR count). The summed E-state index contributed by atoms with van der Waals surface area (Å²) >= 11 is 0. The summed E-state index contributed by atoms with van der Waals surface area (Å²) < 4.78 is 32.2. The summed E-state index contributed by atoms with van der Waals surface area (Å²) in [5.74, 6) is -0.438. The third-order valence-corrected chi connectivity index (χ3v) is 5.64. The van der Waals surface area contributed by atoms with Gasteiger partial charge in [-0.1, -0.05) is 62.4 Å². The quantitative estimate of drug-likeness (QED) is 0.582. The Balaban J connectivity index is 2.18. The molecule has 3 N–H and O–H groups in total. The van der Waals surface area contributed by atoms with Crippen molar-refractivity contribution in [1.82, 2.24) is 0 Å². The minimum Gasteiger partial charge on any atom is -0.508 e. The molecule has 0 unspecified atom stereocenters. The summed E-state index contributed by atoms with van der Waals surface area (Å²) in [6, 6.07) is 18.6. The molecule has 0 saturated carbocycles. The molecule has 0 radical (unpaired) electrons. The second kappa shape index (κ2) is 6.72. The first-order valence-electron chi connectivity index (χ1n) is 8.31. The molecule has 3 aromatic rings. The van der Waals surface area contributed by atoms with Crippen LogP contribution in [0, 0.1) is 0 Å². The van der Waals surface area contributed by atoms with Crippen LogP contribution in [0.15, 0.2) is 71.6 Å². The van der Waals surface area contributed by atoms with E-state index in [1.54, 1.807) is 18.2 Å². The molecule has 0 amide bonds. The van der Waals surface area contributed by atoms with Crippen LogP contribution < -0.4 is 0 Å². The van der Waals surface area contributed by atoms with Crippen LogP contribution in [-0.4, -0.2) is 23.2 Å². The number of para-hydroxylation sites is 1. The number of hydrogen-bond acceptors (Lipinski definition) is 4. The molecule has 0 aromatic heterocycles. The Morgan fingerprint density at radius 2 is 1.52 bits per heavy atom. The Labute approximate surface area is 158 Å². The molecule has 0 atom stereocenters. The van der Waals surface area contributed by atoms with Gasteiger partial charge in [-0.2, -0.15) is 8.42 Å². The fourth-order valence-corrected chi connectivity index (χ4v) is 3.78. The number of phenolic OH excluding ortho intramolecular Hbond substituents is 2. The molecule has 0 spiro atoms. The Hall–Kier alpha value is -2.83. The van der Waals surface area contributed by atoms with Crippen molar-refractivity contribution in [3.8, 4) is 22.6 Å². The van der Waals surface area contributed by atoms with Gasteiger partial charge in [0.05, 0.1) is 0 Å². The Morgan fingerprint density at radius 3 is 2.15 bits per heavy atom. The summed E-state index contributed by atoms with van der Waals surface area (Å²) in [5, 5.41) is 20.8. The van der Waals surface area contributed by atoms with Gasteiger partial charge in [0, 0.05) is 16.5 Å². The SMILES string of the molecule is CC(C)(c1ccccc1)c1cc(-c2cccc(S(=O)(=O)O)c2O)ccc1O. The van der Waals surface area contributed by atoms with Crippen LogP contribution >= 0.6 is 0 Å². The van der Waals surface area contributed by atoms with E-state index in [0.29, 0.717) is 11.1 Å². The second-order valence-corrected chi connectivity index (χ2v) is 8.24. The highest BCUT2D eigenvalue weighted by Gasteiger charge is 2.27. The zero-order valence-corrected chi connectivity index (χ0v) is 15.7. The van der Waals surface area contributed by atoms with Crippen molar-refractivity contribution in [1.29, 1.82) is 0 Å². The fraction of sp³-hybridized carbons (Fsp3) is 0.143. The van der Waals surface area contributed by atoms with Gasteiger partial charge in [-0.25, -0.2) is 0 Å². The zero-order chi connectivity index (χ0) is 19.8. The largest absolute Gasteiger partial charge is 0.508 e. The number of benzene rings is 3. The predicted octanol–water partition coefficient (Wildman–Crippen LogP) is 4.34. The van der Waals surface area contributed by atoms with E-state index in [9.17, 15) is 23.2 Å². The van der Waals surface area contributed by atoms with Gasteiger partial charge in [-0.3, -0.25) is 4.55 Å². The van der Waals surface area contributed by atoms with Gasteiger partial charge in [-0.15, -0.1) is 0 Å². The molecule has 0 aliphatic carbocycles. The van der Waals surface area contributed by atoms with Gasteiger partial charge >= 0.3 is 0 Å². The van der Waals surface area contributed by atoms with E-state index in [1.165, 1.54) is 12.1 Å². The molecule has 3 aromatic carbocycles. The van der Waals surface area contributed by atoms with Crippen LogP contribution in [0.1, 0.15) is 25.0 Å². The molecule has 27 heavy (non-hydrogen) atoms. The second-order valence-electron chi connectivity index (χ2n) is 6.85. The lowest BCUT2D eigenvalue weighted by Gasteiger charge is -2.27. The molecule has 0 fully saturated rings. The number of phenols is 2. The first kappa shape index (κ1) is 18.9. The molecular formula is C21H20O5S. The maximum atomic E-state index is 11.5. The minimum absolute atomic E-state index is 0.0954. The zero-order valence-electron chi connectivity index (χ0n) is 14.9. The van der Waals surface area contributed by atoms with Gasteiger partial charge < -0.3 is 10.2 Å². The summed E-state index contributed by atoms with van der Waals surface area (Å²) in [7, 11) is -4.55. The first-order chi connectivity index (χ1) is 12.6. The van der Waals surface area contributed by atoms with Crippen LogP contribution in [-0.2, 0) is 15.5 Å². The average Bonchev–Trinajstić information content (AvgIpc) is 2.62. The Bertz CT molecular complexity index is 1090. The van der Waals surface area contributed by atoms with E-state index < -0.39 is 26.2 Å². The molecule has 0 bridgehead atoms. The van der Waals surface area contributed by atoms with E-state index in [0.717, 1.165) is 11.6 Å². The van der Waals surface area contributed by atoms with Crippen LogP contribution in [0.25, 0.3) is 11.1 Å². The van der Waals surface area contributed by atoms with Crippen LogP contribution in [0.3, 0.4) is 0 Å². The highest BCUT2D eigenvalue weighted by molar-refractivity contribution is 7.86. The Morgan fingerprint density at radius 1 is 0.852 bits per heavy atom. The maximum absolute atomic E-state index is 11.5. The predicted molar refractivity (Wildman–Crippen MR) is 104 cm³/mol. The normalized spacial score (nSPS) is 12.1. The van der Waals surface area contributed by atoms with Crippen molar-refractivity contribution in [2.45, 2.75) is 24.2 Å². The average molecular weight is 384 g/mol. The lowest BCUT2D eigenvalue weighted by Crippen LogP contribution is -2.19. The molecule has 0 aliphatic rings. The van der Waals surface area contributed by atoms with Crippen LogP contribution in [0.2, 0.25) is 0 Å². The molecular weight excluding hydrogens is 364 g/mol. The van der Waals surface area contributed by atoms with Crippen molar-refractivity contribution < 1.29 is 23.2 Å². The monoisotopic (exact) mass is 384 g/mol. The van der Waals surface area contributed by atoms with Crippen LogP contribution in [0.5, 0.6) is 11.5 Å². The van der Waals surface area contributed by atoms with Crippen molar-refractivity contribution in [2.75, 3.05) is 0 Å². The van der Waals surface area contributed by atoms with Crippen molar-refractivity contribution in [3.05, 3.63) is 77.9 Å². The topological polar surface area (TPSA) is 94.8 Å². The van der Waals surface area contributed by atoms with E-state index in [4.69, 9.17) is 0 Å². The summed E-state index contributed by atoms with van der Waals surface area (Å²) in [5.41, 5.74) is 1.86. The smallest absolute Gasteiger partial charge is 0.298 e. The van der Waals surface area contributed by atoms with Gasteiger partial charge in [0.15, 0.2) is 0 Å². The van der Waals surface area contributed by atoms with Gasteiger partial charge in [-0.05, 0) is 29.3 Å². The first-order valence-corrected chi connectivity index (χ1v) is 9.75. The fourth-order valence-electron chi connectivity index (χ4n) is 3.18. The van der Waals surface area contributed by atoms with E-state index in [-0.39, 0.29) is 11.3 Å². The minimum atomic E-state index is -4.55. The summed E-state index contributed by atoms with van der Waals surface area (Å²) in [6.07, 6.45) is 0. The summed E-state index contributed by atoms with van der Waals surface area (Å²) in [4.78, 5) is -0.558. The summed E-state index contributed by atoms with van der Waals surface area (Å²) in [6.45, 7) is 3.94. The van der Waals surface area contributed by atoms with Gasteiger partial charge in [0.2, 0.25) is 0 Å². The van der Waals surface area contributed by atoms with E-state index in [2.05, 4.69) is 0 Å². The molecule has 6 heteroatoms. The van der Waals surface area contributed by atoms with E-state index in [1.807, 2.05) is 44.2 Å². The molecule has 0 saturated heterocycles. The lowest BCUT2D eigenvalue weighted by atomic mass is 9.77. The molecule has 5 nitrogen and oxygen atoms in total. The molecule has 0 aliphatic heterocycles. The Kier molecular flexibility index (Phi) is 4.71. The highest BCUT2D eigenvalue weighted by Crippen LogP contribution is 2.41. The lowest BCUT2D eigenvalue weighted by molar-refractivity contribution is 0.444. The van der Waals surface area contributed by atoms with Crippen molar-refractivity contribution >= 4 is 10.1 Å². The van der Waals surface area contributed by atoms with Gasteiger partial charge in [0.1, 0.15) is 16.4 Å².